The molecule has 0 aliphatic heterocycles. The van der Waals surface area contributed by atoms with Crippen LogP contribution in [0.5, 0.6) is 0 Å². The Morgan fingerprint density at radius 3 is 2.52 bits per heavy atom. The number of benzene rings is 1. The molecule has 1 rings (SSSR count). The van der Waals surface area contributed by atoms with Gasteiger partial charge in [-0.1, -0.05) is 6.07 Å². The van der Waals surface area contributed by atoms with Gasteiger partial charge in [0.05, 0.1) is 11.5 Å². The van der Waals surface area contributed by atoms with Gasteiger partial charge in [0, 0.05) is 25.3 Å². The van der Waals surface area contributed by atoms with Gasteiger partial charge in [0.1, 0.15) is 0 Å². The predicted molar refractivity (Wildman–Crippen MR) is 80.6 cm³/mol. The number of amides is 1. The van der Waals surface area contributed by atoms with Crippen LogP contribution < -0.4 is 5.14 Å². The number of sulfonamides is 1. The molecule has 0 saturated heterocycles. The molecule has 0 fully saturated rings. The highest BCUT2D eigenvalue weighted by molar-refractivity contribution is 7.89. The summed E-state index contributed by atoms with van der Waals surface area (Å²) in [6.45, 7) is 7.40. The summed E-state index contributed by atoms with van der Waals surface area (Å²) in [6, 6.07) is 4.52. The van der Waals surface area contributed by atoms with Crippen molar-refractivity contribution in [2.45, 2.75) is 25.7 Å². The first-order valence-corrected chi connectivity index (χ1v) is 8.36. The van der Waals surface area contributed by atoms with Crippen molar-refractivity contribution in [2.75, 3.05) is 26.3 Å². The van der Waals surface area contributed by atoms with Crippen molar-refractivity contribution in [3.8, 4) is 0 Å². The standard InChI is InChI=1S/C14H22N2O4S/c1-4-16(8-9-20-5-2)14(17)12-7-6-11(3)13(10-12)21(15,18)19/h6-7,10H,4-5,8-9H2,1-3H3,(H2,15,18,19). The first kappa shape index (κ1) is 17.6. The Morgan fingerprint density at radius 1 is 1.33 bits per heavy atom. The highest BCUT2D eigenvalue weighted by atomic mass is 32.2. The van der Waals surface area contributed by atoms with Crippen molar-refractivity contribution >= 4 is 15.9 Å². The Bertz CT molecular complexity index is 599. The zero-order valence-electron chi connectivity index (χ0n) is 12.6. The number of rotatable bonds is 7. The summed E-state index contributed by atoms with van der Waals surface area (Å²) in [6.07, 6.45) is 0. The second kappa shape index (κ2) is 7.53. The number of likely N-dealkylation sites (N-methyl/N-ethyl adjacent to an activating group) is 1. The van der Waals surface area contributed by atoms with Crippen molar-refractivity contribution in [3.63, 3.8) is 0 Å². The maximum atomic E-state index is 12.4. The lowest BCUT2D eigenvalue weighted by Crippen LogP contribution is -2.34. The molecule has 0 atom stereocenters. The first-order chi connectivity index (χ1) is 9.81. The van der Waals surface area contributed by atoms with E-state index in [0.717, 1.165) is 0 Å². The van der Waals surface area contributed by atoms with Crippen molar-refractivity contribution in [3.05, 3.63) is 29.3 Å². The fraction of sp³-hybridized carbons (Fsp3) is 0.500. The summed E-state index contributed by atoms with van der Waals surface area (Å²) >= 11 is 0. The summed E-state index contributed by atoms with van der Waals surface area (Å²) in [5.74, 6) is -0.234. The molecule has 0 radical (unpaired) electrons. The number of primary sulfonamides is 1. The molecule has 1 amide bonds. The van der Waals surface area contributed by atoms with Crippen molar-refractivity contribution < 1.29 is 17.9 Å². The molecule has 0 heterocycles. The van der Waals surface area contributed by atoms with E-state index in [4.69, 9.17) is 9.88 Å². The Labute approximate surface area is 125 Å². The zero-order chi connectivity index (χ0) is 16.0. The van der Waals surface area contributed by atoms with Crippen LogP contribution in [-0.2, 0) is 14.8 Å². The van der Waals surface area contributed by atoms with Gasteiger partial charge in [0.2, 0.25) is 10.0 Å². The van der Waals surface area contributed by atoms with E-state index in [9.17, 15) is 13.2 Å². The fourth-order valence-electron chi connectivity index (χ4n) is 1.94. The largest absolute Gasteiger partial charge is 0.380 e. The lowest BCUT2D eigenvalue weighted by Gasteiger charge is -2.21. The number of ether oxygens (including phenoxy) is 1. The molecule has 1 aromatic rings. The van der Waals surface area contributed by atoms with E-state index in [1.165, 1.54) is 6.07 Å². The molecule has 21 heavy (non-hydrogen) atoms. The normalized spacial score (nSPS) is 11.4. The topological polar surface area (TPSA) is 89.7 Å². The van der Waals surface area contributed by atoms with E-state index in [0.29, 0.717) is 37.4 Å². The van der Waals surface area contributed by atoms with Crippen LogP contribution >= 0.6 is 0 Å². The Kier molecular flexibility index (Phi) is 6.32. The number of carbonyl (C=O) groups excluding carboxylic acids is 1. The smallest absolute Gasteiger partial charge is 0.253 e. The molecular formula is C14H22N2O4S. The minimum Gasteiger partial charge on any atom is -0.380 e. The van der Waals surface area contributed by atoms with Crippen molar-refractivity contribution in [2.24, 2.45) is 5.14 Å². The molecule has 0 saturated carbocycles. The van der Waals surface area contributed by atoms with Crippen molar-refractivity contribution in [1.29, 1.82) is 0 Å². The zero-order valence-corrected chi connectivity index (χ0v) is 13.4. The molecular weight excluding hydrogens is 292 g/mol. The van der Waals surface area contributed by atoms with Gasteiger partial charge >= 0.3 is 0 Å². The van der Waals surface area contributed by atoms with Crippen molar-refractivity contribution in [1.82, 2.24) is 4.90 Å². The molecule has 0 aromatic heterocycles. The summed E-state index contributed by atoms with van der Waals surface area (Å²) in [4.78, 5) is 14.0. The monoisotopic (exact) mass is 314 g/mol. The summed E-state index contributed by atoms with van der Waals surface area (Å²) in [5.41, 5.74) is 0.828. The van der Waals surface area contributed by atoms with Crippen LogP contribution in [0.4, 0.5) is 0 Å². The summed E-state index contributed by atoms with van der Waals surface area (Å²) in [7, 11) is -3.84. The van der Waals surface area contributed by atoms with Gasteiger partial charge in [-0.2, -0.15) is 0 Å². The van der Waals surface area contributed by atoms with Crippen LogP contribution in [0.25, 0.3) is 0 Å². The van der Waals surface area contributed by atoms with Gasteiger partial charge in [-0.15, -0.1) is 0 Å². The third kappa shape index (κ3) is 4.80. The second-order valence-corrected chi connectivity index (χ2v) is 6.14. The van der Waals surface area contributed by atoms with Gasteiger partial charge in [0.15, 0.2) is 0 Å². The number of carbonyl (C=O) groups is 1. The number of hydrogen-bond donors (Lipinski definition) is 1. The van der Waals surface area contributed by atoms with Crippen LogP contribution in [0.3, 0.4) is 0 Å². The van der Waals surface area contributed by atoms with E-state index in [-0.39, 0.29) is 10.8 Å². The van der Waals surface area contributed by atoms with E-state index < -0.39 is 10.0 Å². The lowest BCUT2D eigenvalue weighted by atomic mass is 10.1. The van der Waals surface area contributed by atoms with E-state index in [2.05, 4.69) is 0 Å². The summed E-state index contributed by atoms with van der Waals surface area (Å²) < 4.78 is 28.3. The van der Waals surface area contributed by atoms with E-state index in [1.54, 1.807) is 24.0 Å². The van der Waals surface area contributed by atoms with Crippen LogP contribution in [0.15, 0.2) is 23.1 Å². The maximum absolute atomic E-state index is 12.4. The molecule has 6 nitrogen and oxygen atoms in total. The average molecular weight is 314 g/mol. The Morgan fingerprint density at radius 2 is 2.00 bits per heavy atom. The Balaban J connectivity index is 3.01. The predicted octanol–water partition coefficient (Wildman–Crippen LogP) is 1.14. The second-order valence-electron chi connectivity index (χ2n) is 4.61. The molecule has 0 aliphatic rings. The van der Waals surface area contributed by atoms with Crippen LogP contribution in [-0.4, -0.2) is 45.5 Å². The highest BCUT2D eigenvalue weighted by Crippen LogP contribution is 2.17. The lowest BCUT2D eigenvalue weighted by molar-refractivity contribution is 0.0669. The number of nitrogens with zero attached hydrogens (tertiary/aromatic N) is 1. The molecule has 0 spiro atoms. The summed E-state index contributed by atoms with van der Waals surface area (Å²) in [5, 5.41) is 5.16. The molecule has 7 heteroatoms. The molecule has 118 valence electrons. The number of aryl methyl sites for hydroxylation is 1. The minimum atomic E-state index is -3.84. The van der Waals surface area contributed by atoms with Gasteiger partial charge in [-0.25, -0.2) is 13.6 Å². The highest BCUT2D eigenvalue weighted by Gasteiger charge is 2.18. The quantitative estimate of drug-likeness (QED) is 0.764. The molecule has 0 unspecified atom stereocenters. The van der Waals surface area contributed by atoms with Gasteiger partial charge in [-0.05, 0) is 38.5 Å². The molecule has 0 aliphatic carbocycles. The third-order valence-electron chi connectivity index (χ3n) is 3.12. The third-order valence-corrected chi connectivity index (χ3v) is 4.17. The van der Waals surface area contributed by atoms with Gasteiger partial charge in [0.25, 0.3) is 5.91 Å². The fourth-order valence-corrected chi connectivity index (χ4v) is 2.75. The van der Waals surface area contributed by atoms with Crippen LogP contribution in [0.1, 0.15) is 29.8 Å². The maximum Gasteiger partial charge on any atom is 0.253 e. The minimum absolute atomic E-state index is 0.0192. The van der Waals surface area contributed by atoms with E-state index >= 15 is 0 Å². The van der Waals surface area contributed by atoms with Gasteiger partial charge in [-0.3, -0.25) is 4.79 Å². The van der Waals surface area contributed by atoms with Crippen LogP contribution in [0, 0.1) is 6.92 Å². The van der Waals surface area contributed by atoms with Gasteiger partial charge < -0.3 is 9.64 Å². The van der Waals surface area contributed by atoms with E-state index in [1.807, 2.05) is 13.8 Å². The number of nitrogens with two attached hydrogens (primary N) is 1. The first-order valence-electron chi connectivity index (χ1n) is 6.81. The number of hydrogen-bond acceptors (Lipinski definition) is 4. The SMILES string of the molecule is CCOCCN(CC)C(=O)c1ccc(C)c(S(N)(=O)=O)c1. The average Bonchev–Trinajstić information content (AvgIpc) is 2.42. The molecule has 0 bridgehead atoms. The molecule has 2 N–H and O–H groups in total. The van der Waals surface area contributed by atoms with Crippen LogP contribution in [0.2, 0.25) is 0 Å². The Hall–Kier alpha value is -1.44. The molecule has 1 aromatic carbocycles.